The van der Waals surface area contributed by atoms with Crippen molar-refractivity contribution in [2.45, 2.75) is 37.9 Å². The summed E-state index contributed by atoms with van der Waals surface area (Å²) in [6.45, 7) is 0.0653. The molecule has 1 aromatic carbocycles. The number of carbonyl (C=O) groups excluding carboxylic acids is 1. The van der Waals surface area contributed by atoms with Gasteiger partial charge in [0.1, 0.15) is 12.4 Å². The number of rotatable bonds is 2. The van der Waals surface area contributed by atoms with Crippen LogP contribution >= 0.6 is 0 Å². The number of likely N-dealkylation sites (tertiary alicyclic amines) is 1. The van der Waals surface area contributed by atoms with Gasteiger partial charge in [0.25, 0.3) is 0 Å². The molecule has 0 bridgehead atoms. The normalized spacial score (nSPS) is 23.5. The predicted molar refractivity (Wildman–Crippen MR) is 73.7 cm³/mol. The first kappa shape index (κ1) is 16.7. The van der Waals surface area contributed by atoms with Gasteiger partial charge >= 0.3 is 6.18 Å². The van der Waals surface area contributed by atoms with Crippen LogP contribution in [0.1, 0.15) is 29.9 Å². The SMILES string of the molecule is Cc1cccc([C@@H]2CC[C@@H](N)C(=O)N(CC(F)(F)F)C2)c1F. The fraction of sp³-hybridized carbons (Fsp3) is 0.533. The largest absolute Gasteiger partial charge is 0.406 e. The lowest BCUT2D eigenvalue weighted by molar-refractivity contribution is -0.161. The first-order valence-corrected chi connectivity index (χ1v) is 7.05. The molecule has 1 aliphatic rings. The lowest BCUT2D eigenvalue weighted by Gasteiger charge is -2.27. The molecule has 0 spiro atoms. The van der Waals surface area contributed by atoms with Crippen LogP contribution in [0.2, 0.25) is 0 Å². The second kappa shape index (κ2) is 6.24. The summed E-state index contributed by atoms with van der Waals surface area (Å²) in [6, 6.07) is 3.84. The molecule has 1 saturated heterocycles. The quantitative estimate of drug-likeness (QED) is 0.852. The molecular formula is C15H18F4N2O. The number of nitrogens with two attached hydrogens (primary N) is 1. The van der Waals surface area contributed by atoms with Gasteiger partial charge in [-0.15, -0.1) is 0 Å². The Balaban J connectivity index is 2.29. The molecule has 22 heavy (non-hydrogen) atoms. The predicted octanol–water partition coefficient (Wildman–Crippen LogP) is 2.73. The van der Waals surface area contributed by atoms with Gasteiger partial charge in [-0.1, -0.05) is 18.2 Å². The maximum atomic E-state index is 14.2. The zero-order valence-electron chi connectivity index (χ0n) is 12.2. The van der Waals surface area contributed by atoms with E-state index in [0.717, 1.165) is 0 Å². The van der Waals surface area contributed by atoms with Gasteiger partial charge in [0.2, 0.25) is 5.91 Å². The molecule has 1 fully saturated rings. The number of aryl methyl sites for hydroxylation is 1. The smallest absolute Gasteiger partial charge is 0.332 e. The maximum absolute atomic E-state index is 14.2. The zero-order valence-corrected chi connectivity index (χ0v) is 12.2. The average Bonchev–Trinajstić information content (AvgIpc) is 2.54. The summed E-state index contributed by atoms with van der Waals surface area (Å²) in [5, 5.41) is 0. The van der Waals surface area contributed by atoms with Crippen molar-refractivity contribution in [3.8, 4) is 0 Å². The Morgan fingerprint density at radius 3 is 2.64 bits per heavy atom. The lowest BCUT2D eigenvalue weighted by Crippen LogP contribution is -2.46. The third kappa shape index (κ3) is 3.76. The average molecular weight is 318 g/mol. The second-order valence-electron chi connectivity index (χ2n) is 5.69. The van der Waals surface area contributed by atoms with E-state index in [4.69, 9.17) is 5.73 Å². The van der Waals surface area contributed by atoms with E-state index in [-0.39, 0.29) is 13.0 Å². The van der Waals surface area contributed by atoms with Crippen molar-refractivity contribution in [3.05, 3.63) is 35.1 Å². The molecule has 1 amide bonds. The Bertz CT molecular complexity index is 559. The van der Waals surface area contributed by atoms with Crippen molar-refractivity contribution in [3.63, 3.8) is 0 Å². The Kier molecular flexibility index (Phi) is 4.75. The van der Waals surface area contributed by atoms with Crippen molar-refractivity contribution >= 4 is 5.91 Å². The van der Waals surface area contributed by atoms with Gasteiger partial charge in [0.05, 0.1) is 6.04 Å². The Hall–Kier alpha value is -1.63. The van der Waals surface area contributed by atoms with Crippen LogP contribution in [0.5, 0.6) is 0 Å². The fourth-order valence-corrected chi connectivity index (χ4v) is 2.78. The summed E-state index contributed by atoms with van der Waals surface area (Å²) in [5.41, 5.74) is 6.42. The van der Waals surface area contributed by atoms with Crippen molar-refractivity contribution < 1.29 is 22.4 Å². The maximum Gasteiger partial charge on any atom is 0.406 e. The van der Waals surface area contributed by atoms with Crippen LogP contribution in [-0.4, -0.2) is 36.1 Å². The highest BCUT2D eigenvalue weighted by Crippen LogP contribution is 2.31. The Morgan fingerprint density at radius 2 is 2.00 bits per heavy atom. The highest BCUT2D eigenvalue weighted by molar-refractivity contribution is 5.82. The summed E-state index contributed by atoms with van der Waals surface area (Å²) in [4.78, 5) is 12.7. The number of hydrogen-bond acceptors (Lipinski definition) is 2. The molecule has 1 aliphatic heterocycles. The first-order chi connectivity index (χ1) is 10.2. The highest BCUT2D eigenvalue weighted by atomic mass is 19.4. The minimum absolute atomic E-state index is 0.174. The van der Waals surface area contributed by atoms with Gasteiger partial charge in [0, 0.05) is 12.5 Å². The van der Waals surface area contributed by atoms with Crippen LogP contribution in [0.3, 0.4) is 0 Å². The monoisotopic (exact) mass is 318 g/mol. The van der Waals surface area contributed by atoms with Crippen LogP contribution in [0.25, 0.3) is 0 Å². The number of hydrogen-bond donors (Lipinski definition) is 1. The van der Waals surface area contributed by atoms with E-state index < -0.39 is 36.4 Å². The molecule has 0 unspecified atom stereocenters. The van der Waals surface area contributed by atoms with Crippen molar-refractivity contribution in [2.24, 2.45) is 5.73 Å². The third-order valence-electron chi connectivity index (χ3n) is 3.93. The van der Waals surface area contributed by atoms with Gasteiger partial charge < -0.3 is 10.6 Å². The van der Waals surface area contributed by atoms with Crippen LogP contribution in [0.15, 0.2) is 18.2 Å². The van der Waals surface area contributed by atoms with Gasteiger partial charge in [-0.25, -0.2) is 4.39 Å². The summed E-state index contributed by atoms with van der Waals surface area (Å²) < 4.78 is 52.1. The molecule has 0 aliphatic carbocycles. The third-order valence-corrected chi connectivity index (χ3v) is 3.93. The van der Waals surface area contributed by atoms with Crippen LogP contribution < -0.4 is 5.73 Å². The number of amides is 1. The van der Waals surface area contributed by atoms with Gasteiger partial charge in [-0.3, -0.25) is 4.79 Å². The molecule has 0 radical (unpaired) electrons. The number of alkyl halides is 3. The summed E-state index contributed by atoms with van der Waals surface area (Å²) in [6.07, 6.45) is -3.89. The lowest BCUT2D eigenvalue weighted by atomic mass is 9.92. The number of halogens is 4. The zero-order chi connectivity index (χ0) is 16.5. The molecule has 1 aromatic rings. The molecule has 2 rings (SSSR count). The molecule has 0 saturated carbocycles. The molecule has 3 nitrogen and oxygen atoms in total. The molecule has 122 valence electrons. The minimum atomic E-state index is -4.50. The van der Waals surface area contributed by atoms with Gasteiger partial charge in [-0.05, 0) is 30.9 Å². The summed E-state index contributed by atoms with van der Waals surface area (Å²) in [7, 11) is 0. The number of nitrogens with zero attached hydrogens (tertiary/aromatic N) is 1. The molecule has 7 heteroatoms. The van der Waals surface area contributed by atoms with Crippen LogP contribution in [0, 0.1) is 12.7 Å². The van der Waals surface area contributed by atoms with Crippen LogP contribution in [-0.2, 0) is 4.79 Å². The number of carbonyl (C=O) groups is 1. The van der Waals surface area contributed by atoms with E-state index in [2.05, 4.69) is 0 Å². The molecular weight excluding hydrogens is 300 g/mol. The van der Waals surface area contributed by atoms with E-state index in [9.17, 15) is 22.4 Å². The number of benzene rings is 1. The topological polar surface area (TPSA) is 46.3 Å². The van der Waals surface area contributed by atoms with Crippen molar-refractivity contribution in [1.29, 1.82) is 0 Å². The van der Waals surface area contributed by atoms with E-state index in [0.29, 0.717) is 22.4 Å². The Labute approximate surface area is 126 Å². The standard InChI is InChI=1S/C15H18F4N2O/c1-9-3-2-4-11(13(9)16)10-5-6-12(20)14(22)21(7-10)8-15(17,18)19/h2-4,10,12H,5-8,20H2,1H3/t10-,12-/m1/s1. The van der Waals surface area contributed by atoms with E-state index >= 15 is 0 Å². The summed E-state index contributed by atoms with van der Waals surface area (Å²) in [5.74, 6) is -1.64. The van der Waals surface area contributed by atoms with Crippen molar-refractivity contribution in [1.82, 2.24) is 4.90 Å². The van der Waals surface area contributed by atoms with Gasteiger partial charge in [0.15, 0.2) is 0 Å². The van der Waals surface area contributed by atoms with E-state index in [1.54, 1.807) is 25.1 Å². The molecule has 2 atom stereocenters. The van der Waals surface area contributed by atoms with Crippen molar-refractivity contribution in [2.75, 3.05) is 13.1 Å². The highest BCUT2D eigenvalue weighted by Gasteiger charge is 2.38. The van der Waals surface area contributed by atoms with E-state index in [1.165, 1.54) is 0 Å². The fourth-order valence-electron chi connectivity index (χ4n) is 2.78. The van der Waals surface area contributed by atoms with Gasteiger partial charge in [-0.2, -0.15) is 13.2 Å². The molecule has 1 heterocycles. The molecule has 2 N–H and O–H groups in total. The Morgan fingerprint density at radius 1 is 1.32 bits per heavy atom. The second-order valence-corrected chi connectivity index (χ2v) is 5.69. The minimum Gasteiger partial charge on any atom is -0.332 e. The first-order valence-electron chi connectivity index (χ1n) is 7.05. The summed E-state index contributed by atoms with van der Waals surface area (Å²) >= 11 is 0. The molecule has 0 aromatic heterocycles. The van der Waals surface area contributed by atoms with Crippen LogP contribution in [0.4, 0.5) is 17.6 Å². The van der Waals surface area contributed by atoms with E-state index in [1.807, 2.05) is 0 Å².